The molecule has 0 aliphatic carbocycles. The summed E-state index contributed by atoms with van der Waals surface area (Å²) in [7, 11) is 0. The van der Waals surface area contributed by atoms with Crippen LogP contribution < -0.4 is 5.32 Å². The van der Waals surface area contributed by atoms with Crippen LogP contribution >= 0.6 is 0 Å². The Hall–Kier alpha value is -0.820. The topological polar surface area (TPSA) is 12.0 Å². The summed E-state index contributed by atoms with van der Waals surface area (Å²) < 4.78 is 0. The minimum atomic E-state index is 0.770. The average molecular weight is 247 g/mol. The van der Waals surface area contributed by atoms with E-state index in [0.717, 1.165) is 30.8 Å². The fourth-order valence-electron chi connectivity index (χ4n) is 2.57. The SMILES string of the molecule is CC(C)C(CNCCCc1ccccc1)C(C)C. The third kappa shape index (κ3) is 5.68. The van der Waals surface area contributed by atoms with Crippen molar-refractivity contribution in [2.24, 2.45) is 17.8 Å². The highest BCUT2D eigenvalue weighted by molar-refractivity contribution is 5.14. The fourth-order valence-corrected chi connectivity index (χ4v) is 2.57. The lowest BCUT2D eigenvalue weighted by Gasteiger charge is -2.25. The molecule has 0 saturated carbocycles. The van der Waals surface area contributed by atoms with Crippen molar-refractivity contribution in [3.05, 3.63) is 35.9 Å². The second-order valence-corrected chi connectivity index (χ2v) is 5.95. The van der Waals surface area contributed by atoms with Crippen LogP contribution in [0.1, 0.15) is 39.7 Å². The predicted octanol–water partition coefficient (Wildman–Crippen LogP) is 4.14. The molecule has 0 amide bonds. The Morgan fingerprint density at radius 1 is 0.944 bits per heavy atom. The van der Waals surface area contributed by atoms with Gasteiger partial charge in [0.2, 0.25) is 0 Å². The van der Waals surface area contributed by atoms with Gasteiger partial charge < -0.3 is 5.32 Å². The summed E-state index contributed by atoms with van der Waals surface area (Å²) in [4.78, 5) is 0. The van der Waals surface area contributed by atoms with Crippen LogP contribution in [0.2, 0.25) is 0 Å². The lowest BCUT2D eigenvalue weighted by Crippen LogP contribution is -2.30. The average Bonchev–Trinajstić information content (AvgIpc) is 2.34. The van der Waals surface area contributed by atoms with Crippen molar-refractivity contribution in [2.45, 2.75) is 40.5 Å². The first-order valence-electron chi connectivity index (χ1n) is 7.36. The number of benzene rings is 1. The summed E-state index contributed by atoms with van der Waals surface area (Å²) >= 11 is 0. The number of hydrogen-bond donors (Lipinski definition) is 1. The van der Waals surface area contributed by atoms with Crippen molar-refractivity contribution >= 4 is 0 Å². The summed E-state index contributed by atoms with van der Waals surface area (Å²) in [6, 6.07) is 10.8. The van der Waals surface area contributed by atoms with E-state index in [1.165, 1.54) is 18.4 Å². The smallest absolute Gasteiger partial charge is 0.00156 e. The molecule has 18 heavy (non-hydrogen) atoms. The molecule has 0 bridgehead atoms. The summed E-state index contributed by atoms with van der Waals surface area (Å²) in [6.45, 7) is 11.6. The summed E-state index contributed by atoms with van der Waals surface area (Å²) in [5.41, 5.74) is 1.45. The van der Waals surface area contributed by atoms with Crippen LogP contribution in [-0.4, -0.2) is 13.1 Å². The molecule has 0 unspecified atom stereocenters. The molecule has 1 aromatic rings. The van der Waals surface area contributed by atoms with Crippen LogP contribution in [0, 0.1) is 17.8 Å². The van der Waals surface area contributed by atoms with Crippen LogP contribution in [0.3, 0.4) is 0 Å². The molecule has 102 valence electrons. The zero-order valence-corrected chi connectivity index (χ0v) is 12.4. The molecule has 1 N–H and O–H groups in total. The van der Waals surface area contributed by atoms with Crippen molar-refractivity contribution in [1.82, 2.24) is 5.32 Å². The van der Waals surface area contributed by atoms with Gasteiger partial charge in [0.05, 0.1) is 0 Å². The molecule has 1 rings (SSSR count). The van der Waals surface area contributed by atoms with Crippen molar-refractivity contribution in [3.8, 4) is 0 Å². The van der Waals surface area contributed by atoms with E-state index in [2.05, 4.69) is 63.3 Å². The minimum Gasteiger partial charge on any atom is -0.316 e. The summed E-state index contributed by atoms with van der Waals surface area (Å²) in [5, 5.41) is 3.62. The molecular weight excluding hydrogens is 218 g/mol. The van der Waals surface area contributed by atoms with Gasteiger partial charge >= 0.3 is 0 Å². The largest absolute Gasteiger partial charge is 0.316 e. The van der Waals surface area contributed by atoms with E-state index in [1.54, 1.807) is 0 Å². The Bertz CT molecular complexity index is 295. The van der Waals surface area contributed by atoms with Crippen LogP contribution in [0.15, 0.2) is 30.3 Å². The second-order valence-electron chi connectivity index (χ2n) is 5.95. The minimum absolute atomic E-state index is 0.770. The summed E-state index contributed by atoms with van der Waals surface area (Å²) in [6.07, 6.45) is 2.41. The molecule has 1 aromatic carbocycles. The van der Waals surface area contributed by atoms with Gasteiger partial charge in [-0.1, -0.05) is 58.0 Å². The van der Waals surface area contributed by atoms with Crippen molar-refractivity contribution in [3.63, 3.8) is 0 Å². The quantitative estimate of drug-likeness (QED) is 0.681. The maximum Gasteiger partial charge on any atom is -0.00156 e. The molecule has 0 saturated heterocycles. The number of nitrogens with one attached hydrogen (secondary N) is 1. The van der Waals surface area contributed by atoms with Crippen molar-refractivity contribution in [2.75, 3.05) is 13.1 Å². The molecule has 0 radical (unpaired) electrons. The Morgan fingerprint density at radius 3 is 2.11 bits per heavy atom. The van der Waals surface area contributed by atoms with Gasteiger partial charge in [0.15, 0.2) is 0 Å². The molecule has 0 aliphatic rings. The highest BCUT2D eigenvalue weighted by Gasteiger charge is 2.16. The number of rotatable bonds is 8. The maximum absolute atomic E-state index is 3.62. The zero-order valence-electron chi connectivity index (χ0n) is 12.4. The molecule has 0 atom stereocenters. The molecular formula is C17H29N. The third-order valence-corrected chi connectivity index (χ3v) is 3.75. The van der Waals surface area contributed by atoms with Gasteiger partial charge in [-0.15, -0.1) is 0 Å². The lowest BCUT2D eigenvalue weighted by molar-refractivity contribution is 0.276. The van der Waals surface area contributed by atoms with Gasteiger partial charge in [0.1, 0.15) is 0 Å². The second kappa shape index (κ2) is 8.31. The first-order valence-corrected chi connectivity index (χ1v) is 7.36. The van der Waals surface area contributed by atoms with Crippen LogP contribution in [-0.2, 0) is 6.42 Å². The van der Waals surface area contributed by atoms with Crippen molar-refractivity contribution < 1.29 is 0 Å². The van der Waals surface area contributed by atoms with Gasteiger partial charge in [-0.3, -0.25) is 0 Å². The first-order chi connectivity index (χ1) is 8.61. The monoisotopic (exact) mass is 247 g/mol. The van der Waals surface area contributed by atoms with Crippen LogP contribution in [0.25, 0.3) is 0 Å². The number of aryl methyl sites for hydroxylation is 1. The van der Waals surface area contributed by atoms with Crippen LogP contribution in [0.4, 0.5) is 0 Å². The third-order valence-electron chi connectivity index (χ3n) is 3.75. The van der Waals surface area contributed by atoms with Crippen molar-refractivity contribution in [1.29, 1.82) is 0 Å². The van der Waals surface area contributed by atoms with Gasteiger partial charge in [0.25, 0.3) is 0 Å². The Labute approximate surface area is 113 Å². The predicted molar refractivity (Wildman–Crippen MR) is 80.8 cm³/mol. The van der Waals surface area contributed by atoms with Crippen LogP contribution in [0.5, 0.6) is 0 Å². The van der Waals surface area contributed by atoms with Gasteiger partial charge in [0, 0.05) is 0 Å². The van der Waals surface area contributed by atoms with Gasteiger partial charge in [-0.25, -0.2) is 0 Å². The maximum atomic E-state index is 3.62. The molecule has 1 heteroatoms. The zero-order chi connectivity index (χ0) is 13.4. The highest BCUT2D eigenvalue weighted by Crippen LogP contribution is 2.19. The molecule has 0 aromatic heterocycles. The Balaban J connectivity index is 2.15. The van der Waals surface area contributed by atoms with E-state index in [9.17, 15) is 0 Å². The van der Waals surface area contributed by atoms with E-state index in [1.807, 2.05) is 0 Å². The fraction of sp³-hybridized carbons (Fsp3) is 0.647. The highest BCUT2D eigenvalue weighted by atomic mass is 14.9. The summed E-state index contributed by atoms with van der Waals surface area (Å²) in [5.74, 6) is 2.33. The van der Waals surface area contributed by atoms with Gasteiger partial charge in [-0.2, -0.15) is 0 Å². The van der Waals surface area contributed by atoms with E-state index in [-0.39, 0.29) is 0 Å². The molecule has 1 nitrogen and oxygen atoms in total. The Morgan fingerprint density at radius 2 is 1.56 bits per heavy atom. The number of hydrogen-bond acceptors (Lipinski definition) is 1. The molecule has 0 aliphatic heterocycles. The molecule has 0 spiro atoms. The normalized spacial score (nSPS) is 11.7. The molecule has 0 heterocycles. The first kappa shape index (κ1) is 15.2. The van der Waals surface area contributed by atoms with E-state index in [4.69, 9.17) is 0 Å². The standard InChI is InChI=1S/C17H29N/c1-14(2)17(15(3)4)13-18-12-8-11-16-9-6-5-7-10-16/h5-7,9-10,14-15,17-18H,8,11-13H2,1-4H3. The molecule has 0 fully saturated rings. The van der Waals surface area contributed by atoms with Gasteiger partial charge in [-0.05, 0) is 49.2 Å². The Kier molecular flexibility index (Phi) is 7.04. The van der Waals surface area contributed by atoms with E-state index < -0.39 is 0 Å². The lowest BCUT2D eigenvalue weighted by atomic mass is 9.85. The van der Waals surface area contributed by atoms with E-state index in [0.29, 0.717) is 0 Å². The van der Waals surface area contributed by atoms with E-state index >= 15 is 0 Å².